The standard InChI is InChI=1S/C23H26N2O2/c24-22(27)23(13-14-25(16-23)21(26)18-10-6-11-18)15-19-9-4-5-12-20(19)17-7-2-1-3-8-17/h1-5,7-9,12,18H,6,10-11,13-16H2,(H2,24,27). The maximum atomic E-state index is 12.7. The minimum Gasteiger partial charge on any atom is -0.369 e. The van der Waals surface area contributed by atoms with Gasteiger partial charge < -0.3 is 10.6 Å². The van der Waals surface area contributed by atoms with Crippen LogP contribution >= 0.6 is 0 Å². The molecule has 2 aromatic carbocycles. The van der Waals surface area contributed by atoms with E-state index in [2.05, 4.69) is 24.3 Å². The van der Waals surface area contributed by atoms with E-state index < -0.39 is 5.41 Å². The van der Waals surface area contributed by atoms with Gasteiger partial charge in [-0.1, -0.05) is 61.0 Å². The van der Waals surface area contributed by atoms with E-state index >= 15 is 0 Å². The lowest BCUT2D eigenvalue weighted by molar-refractivity contribution is -0.138. The SMILES string of the molecule is NC(=O)C1(Cc2ccccc2-c2ccccc2)CCN(C(=O)C2CCC2)C1. The summed E-state index contributed by atoms with van der Waals surface area (Å²) >= 11 is 0. The molecule has 2 amide bonds. The zero-order chi connectivity index (χ0) is 18.9. The summed E-state index contributed by atoms with van der Waals surface area (Å²) in [7, 11) is 0. The van der Waals surface area contributed by atoms with Crippen molar-refractivity contribution >= 4 is 11.8 Å². The van der Waals surface area contributed by atoms with E-state index in [-0.39, 0.29) is 17.7 Å². The summed E-state index contributed by atoms with van der Waals surface area (Å²) in [6, 6.07) is 18.4. The molecule has 1 aliphatic heterocycles. The Labute approximate surface area is 160 Å². The van der Waals surface area contributed by atoms with Gasteiger partial charge in [0.1, 0.15) is 0 Å². The van der Waals surface area contributed by atoms with Gasteiger partial charge in [0, 0.05) is 19.0 Å². The third-order valence-corrected chi connectivity index (χ3v) is 6.27. The monoisotopic (exact) mass is 362 g/mol. The van der Waals surface area contributed by atoms with Gasteiger partial charge in [-0.2, -0.15) is 0 Å². The average Bonchev–Trinajstić information content (AvgIpc) is 3.07. The van der Waals surface area contributed by atoms with Gasteiger partial charge in [0.25, 0.3) is 0 Å². The first kappa shape index (κ1) is 17.8. The second-order valence-electron chi connectivity index (χ2n) is 7.98. The Hall–Kier alpha value is -2.62. The maximum absolute atomic E-state index is 12.7. The number of hydrogen-bond donors (Lipinski definition) is 1. The molecule has 27 heavy (non-hydrogen) atoms. The van der Waals surface area contributed by atoms with E-state index in [1.807, 2.05) is 35.2 Å². The number of carbonyl (C=O) groups excluding carboxylic acids is 2. The van der Waals surface area contributed by atoms with Gasteiger partial charge in [0.2, 0.25) is 11.8 Å². The molecule has 4 nitrogen and oxygen atoms in total. The molecule has 1 atom stereocenters. The van der Waals surface area contributed by atoms with E-state index in [1.165, 1.54) is 0 Å². The molecule has 2 N–H and O–H groups in total. The molecule has 1 saturated heterocycles. The summed E-state index contributed by atoms with van der Waals surface area (Å²) in [5.74, 6) is 0.0697. The molecule has 0 bridgehead atoms. The normalized spacial score (nSPS) is 22.4. The van der Waals surface area contributed by atoms with Crippen LogP contribution in [0, 0.1) is 11.3 Å². The molecule has 2 aliphatic rings. The smallest absolute Gasteiger partial charge is 0.225 e. The topological polar surface area (TPSA) is 63.4 Å². The molecule has 2 aromatic rings. The highest BCUT2D eigenvalue weighted by atomic mass is 16.2. The average molecular weight is 362 g/mol. The van der Waals surface area contributed by atoms with Crippen molar-refractivity contribution in [3.63, 3.8) is 0 Å². The molecule has 2 fully saturated rings. The third-order valence-electron chi connectivity index (χ3n) is 6.27. The van der Waals surface area contributed by atoms with Gasteiger partial charge in [-0.25, -0.2) is 0 Å². The minimum atomic E-state index is -0.676. The van der Waals surface area contributed by atoms with Crippen LogP contribution in [0.1, 0.15) is 31.2 Å². The Morgan fingerprint density at radius 3 is 2.41 bits per heavy atom. The molecule has 1 unspecified atom stereocenters. The zero-order valence-electron chi connectivity index (χ0n) is 15.6. The summed E-state index contributed by atoms with van der Waals surface area (Å²) in [6.07, 6.45) is 4.31. The highest BCUT2D eigenvalue weighted by molar-refractivity contribution is 5.85. The first-order valence-corrected chi connectivity index (χ1v) is 9.81. The van der Waals surface area contributed by atoms with Crippen molar-refractivity contribution in [3.05, 3.63) is 60.2 Å². The molecule has 140 valence electrons. The summed E-state index contributed by atoms with van der Waals surface area (Å²) in [5, 5.41) is 0. The number of amides is 2. The molecule has 4 rings (SSSR count). The van der Waals surface area contributed by atoms with Crippen LogP contribution < -0.4 is 5.73 Å². The second kappa shape index (κ2) is 7.18. The minimum absolute atomic E-state index is 0.158. The molecule has 0 radical (unpaired) electrons. The van der Waals surface area contributed by atoms with Gasteiger partial charge >= 0.3 is 0 Å². The van der Waals surface area contributed by atoms with E-state index in [0.29, 0.717) is 25.9 Å². The van der Waals surface area contributed by atoms with Crippen LogP contribution in [-0.4, -0.2) is 29.8 Å². The maximum Gasteiger partial charge on any atom is 0.225 e. The number of likely N-dealkylation sites (tertiary alicyclic amines) is 1. The first-order chi connectivity index (χ1) is 13.1. The fourth-order valence-corrected chi connectivity index (χ4v) is 4.34. The lowest BCUT2D eigenvalue weighted by atomic mass is 9.78. The van der Waals surface area contributed by atoms with E-state index in [9.17, 15) is 9.59 Å². The van der Waals surface area contributed by atoms with Gasteiger partial charge in [0.05, 0.1) is 5.41 Å². The fraction of sp³-hybridized carbons (Fsp3) is 0.391. The number of primary amides is 1. The molecule has 1 saturated carbocycles. The number of rotatable bonds is 5. The summed E-state index contributed by atoms with van der Waals surface area (Å²) in [4.78, 5) is 27.0. The Morgan fingerprint density at radius 1 is 1.04 bits per heavy atom. The van der Waals surface area contributed by atoms with Crippen LogP contribution in [0.2, 0.25) is 0 Å². The molecule has 1 aliphatic carbocycles. The van der Waals surface area contributed by atoms with Crippen molar-refractivity contribution in [2.24, 2.45) is 17.1 Å². The first-order valence-electron chi connectivity index (χ1n) is 9.81. The third kappa shape index (κ3) is 3.36. The van der Waals surface area contributed by atoms with Crippen molar-refractivity contribution in [1.29, 1.82) is 0 Å². The Balaban J connectivity index is 1.60. The van der Waals surface area contributed by atoms with Gasteiger partial charge in [0.15, 0.2) is 0 Å². The molecule has 1 heterocycles. The summed E-state index contributed by atoms with van der Waals surface area (Å²) < 4.78 is 0. The molecule has 0 spiro atoms. The van der Waals surface area contributed by atoms with Crippen molar-refractivity contribution in [3.8, 4) is 11.1 Å². The van der Waals surface area contributed by atoms with E-state index in [4.69, 9.17) is 5.73 Å². The fourth-order valence-electron chi connectivity index (χ4n) is 4.34. The van der Waals surface area contributed by atoms with Gasteiger partial charge in [-0.3, -0.25) is 9.59 Å². The molecular formula is C23H26N2O2. The quantitative estimate of drug-likeness (QED) is 0.886. The largest absolute Gasteiger partial charge is 0.369 e. The van der Waals surface area contributed by atoms with Crippen LogP contribution in [0.3, 0.4) is 0 Å². The van der Waals surface area contributed by atoms with Crippen LogP contribution in [0.4, 0.5) is 0 Å². The van der Waals surface area contributed by atoms with E-state index in [0.717, 1.165) is 36.0 Å². The highest BCUT2D eigenvalue weighted by Gasteiger charge is 2.46. The van der Waals surface area contributed by atoms with Crippen molar-refractivity contribution in [2.45, 2.75) is 32.1 Å². The predicted octanol–water partition coefficient (Wildman–Crippen LogP) is 3.40. The van der Waals surface area contributed by atoms with Crippen molar-refractivity contribution < 1.29 is 9.59 Å². The number of carbonyl (C=O) groups is 2. The highest BCUT2D eigenvalue weighted by Crippen LogP contribution is 2.39. The molecule has 0 aromatic heterocycles. The van der Waals surface area contributed by atoms with Crippen LogP contribution in [0.15, 0.2) is 54.6 Å². The second-order valence-corrected chi connectivity index (χ2v) is 7.98. The zero-order valence-corrected chi connectivity index (χ0v) is 15.6. The lowest BCUT2D eigenvalue weighted by Gasteiger charge is -2.31. The van der Waals surface area contributed by atoms with Gasteiger partial charge in [-0.05, 0) is 42.4 Å². The summed E-state index contributed by atoms with van der Waals surface area (Å²) in [5.41, 5.74) is 8.57. The molecule has 4 heteroatoms. The van der Waals surface area contributed by atoms with E-state index in [1.54, 1.807) is 0 Å². The number of nitrogens with two attached hydrogens (primary N) is 1. The molecular weight excluding hydrogens is 336 g/mol. The predicted molar refractivity (Wildman–Crippen MR) is 106 cm³/mol. The summed E-state index contributed by atoms with van der Waals surface area (Å²) in [6.45, 7) is 1.08. The lowest BCUT2D eigenvalue weighted by Crippen LogP contribution is -2.44. The van der Waals surface area contributed by atoms with Gasteiger partial charge in [-0.15, -0.1) is 0 Å². The Kier molecular flexibility index (Phi) is 4.73. The van der Waals surface area contributed by atoms with Crippen molar-refractivity contribution in [2.75, 3.05) is 13.1 Å². The Morgan fingerprint density at radius 2 is 1.74 bits per heavy atom. The van der Waals surface area contributed by atoms with Crippen LogP contribution in [-0.2, 0) is 16.0 Å². The van der Waals surface area contributed by atoms with Crippen LogP contribution in [0.5, 0.6) is 0 Å². The van der Waals surface area contributed by atoms with Crippen LogP contribution in [0.25, 0.3) is 11.1 Å². The van der Waals surface area contributed by atoms with Crippen molar-refractivity contribution in [1.82, 2.24) is 4.90 Å². The Bertz CT molecular complexity index is 844. The number of nitrogens with zero attached hydrogens (tertiary/aromatic N) is 1. The number of benzene rings is 2. The number of hydrogen-bond acceptors (Lipinski definition) is 2.